The van der Waals surface area contributed by atoms with E-state index >= 15 is 0 Å². The fourth-order valence-electron chi connectivity index (χ4n) is 3.24. The zero-order valence-electron chi connectivity index (χ0n) is 15.1. The van der Waals surface area contributed by atoms with Crippen LogP contribution < -0.4 is 4.72 Å². The number of anilines is 1. The van der Waals surface area contributed by atoms with Gasteiger partial charge in [-0.05, 0) is 68.5 Å². The van der Waals surface area contributed by atoms with Gasteiger partial charge in [-0.25, -0.2) is 8.42 Å². The Labute approximate surface area is 159 Å². The molecule has 0 bridgehead atoms. The lowest BCUT2D eigenvalue weighted by molar-refractivity contribution is -0.131. The Morgan fingerprint density at radius 2 is 1.73 bits per heavy atom. The molecule has 26 heavy (non-hydrogen) atoms. The SMILES string of the molecule is Cc1cc(C)cc(NS(=O)(=O)c2ccc(CC(=O)N3CCCCC3)s2)c1. The third kappa shape index (κ3) is 4.65. The minimum atomic E-state index is -3.64. The van der Waals surface area contributed by atoms with Gasteiger partial charge in [0, 0.05) is 23.7 Å². The topological polar surface area (TPSA) is 66.5 Å². The molecule has 140 valence electrons. The fourth-order valence-corrected chi connectivity index (χ4v) is 5.63. The van der Waals surface area contributed by atoms with Gasteiger partial charge in [0.15, 0.2) is 0 Å². The van der Waals surface area contributed by atoms with Crippen molar-refractivity contribution in [3.63, 3.8) is 0 Å². The molecule has 0 saturated carbocycles. The molecule has 7 heteroatoms. The third-order valence-electron chi connectivity index (χ3n) is 4.41. The molecule has 1 fully saturated rings. The van der Waals surface area contributed by atoms with Crippen molar-refractivity contribution in [3.8, 4) is 0 Å². The van der Waals surface area contributed by atoms with Crippen molar-refractivity contribution >= 4 is 33.0 Å². The van der Waals surface area contributed by atoms with E-state index in [-0.39, 0.29) is 16.5 Å². The van der Waals surface area contributed by atoms with Crippen LogP contribution in [-0.2, 0) is 21.2 Å². The second kappa shape index (κ2) is 7.80. The largest absolute Gasteiger partial charge is 0.342 e. The van der Waals surface area contributed by atoms with E-state index in [0.717, 1.165) is 53.3 Å². The maximum absolute atomic E-state index is 12.6. The Balaban J connectivity index is 1.70. The van der Waals surface area contributed by atoms with Crippen LogP contribution in [0.4, 0.5) is 5.69 Å². The molecule has 1 amide bonds. The van der Waals surface area contributed by atoms with Gasteiger partial charge in [0.2, 0.25) is 5.91 Å². The van der Waals surface area contributed by atoms with Crippen molar-refractivity contribution in [3.05, 3.63) is 46.3 Å². The van der Waals surface area contributed by atoms with Gasteiger partial charge < -0.3 is 4.90 Å². The molecular formula is C19H24N2O3S2. The highest BCUT2D eigenvalue weighted by atomic mass is 32.2. The van der Waals surface area contributed by atoms with Crippen molar-refractivity contribution in [1.29, 1.82) is 0 Å². The van der Waals surface area contributed by atoms with Crippen molar-refractivity contribution < 1.29 is 13.2 Å². The fraction of sp³-hybridized carbons (Fsp3) is 0.421. The first-order valence-electron chi connectivity index (χ1n) is 8.81. The van der Waals surface area contributed by atoms with Crippen molar-refractivity contribution in [2.24, 2.45) is 0 Å². The normalized spacial score (nSPS) is 15.1. The van der Waals surface area contributed by atoms with Gasteiger partial charge >= 0.3 is 0 Å². The molecular weight excluding hydrogens is 368 g/mol. The number of amides is 1. The Morgan fingerprint density at radius 3 is 2.38 bits per heavy atom. The third-order valence-corrected chi connectivity index (χ3v) is 7.37. The molecule has 1 aliphatic heterocycles. The second-order valence-corrected chi connectivity index (χ2v) is 9.90. The van der Waals surface area contributed by atoms with E-state index in [9.17, 15) is 13.2 Å². The Bertz CT molecular complexity index is 877. The second-order valence-electron chi connectivity index (χ2n) is 6.82. The number of hydrogen-bond acceptors (Lipinski definition) is 4. The van der Waals surface area contributed by atoms with Crippen molar-refractivity contribution in [2.75, 3.05) is 17.8 Å². The summed E-state index contributed by atoms with van der Waals surface area (Å²) < 4.78 is 28.1. The number of aryl methyl sites for hydroxylation is 2. The Hall–Kier alpha value is -1.86. The summed E-state index contributed by atoms with van der Waals surface area (Å²) in [7, 11) is -3.64. The van der Waals surface area contributed by atoms with Crippen LogP contribution in [0.1, 0.15) is 35.3 Å². The van der Waals surface area contributed by atoms with Crippen LogP contribution in [0.5, 0.6) is 0 Å². The molecule has 1 aromatic heterocycles. The van der Waals surface area contributed by atoms with Crippen LogP contribution >= 0.6 is 11.3 Å². The maximum atomic E-state index is 12.6. The van der Waals surface area contributed by atoms with Gasteiger partial charge in [0.05, 0.1) is 6.42 Å². The molecule has 1 N–H and O–H groups in total. The van der Waals surface area contributed by atoms with Crippen LogP contribution in [0.15, 0.2) is 34.5 Å². The van der Waals surface area contributed by atoms with Crippen molar-refractivity contribution in [1.82, 2.24) is 4.90 Å². The standard InChI is InChI=1S/C19H24N2O3S2/c1-14-10-15(2)12-16(11-14)20-26(23,24)19-7-6-17(25-19)13-18(22)21-8-4-3-5-9-21/h6-7,10-12,20H,3-5,8-9,13H2,1-2H3. The Kier molecular flexibility index (Phi) is 5.67. The first-order valence-corrected chi connectivity index (χ1v) is 11.1. The van der Waals surface area contributed by atoms with Gasteiger partial charge in [-0.3, -0.25) is 9.52 Å². The summed E-state index contributed by atoms with van der Waals surface area (Å²) >= 11 is 1.16. The number of thiophene rings is 1. The van der Waals surface area contributed by atoms with Crippen LogP contribution in [0, 0.1) is 13.8 Å². The highest BCUT2D eigenvalue weighted by molar-refractivity contribution is 7.94. The van der Waals surface area contributed by atoms with Crippen molar-refractivity contribution in [2.45, 2.75) is 43.7 Å². The summed E-state index contributed by atoms with van der Waals surface area (Å²) in [5, 5.41) is 0. The van der Waals surface area contributed by atoms with Crippen LogP contribution in [0.25, 0.3) is 0 Å². The lowest BCUT2D eigenvalue weighted by Crippen LogP contribution is -2.36. The van der Waals surface area contributed by atoms with Gasteiger partial charge in [0.1, 0.15) is 4.21 Å². The number of rotatable bonds is 5. The summed E-state index contributed by atoms with van der Waals surface area (Å²) in [6.45, 7) is 5.48. The summed E-state index contributed by atoms with van der Waals surface area (Å²) in [6, 6.07) is 8.92. The summed E-state index contributed by atoms with van der Waals surface area (Å²) in [4.78, 5) is 15.0. The van der Waals surface area contributed by atoms with Crippen LogP contribution in [0.2, 0.25) is 0 Å². The number of carbonyl (C=O) groups is 1. The number of nitrogens with zero attached hydrogens (tertiary/aromatic N) is 1. The van der Waals surface area contributed by atoms with E-state index < -0.39 is 10.0 Å². The number of hydrogen-bond donors (Lipinski definition) is 1. The van der Waals surface area contributed by atoms with Crippen LogP contribution in [0.3, 0.4) is 0 Å². The number of piperidine rings is 1. The van der Waals surface area contributed by atoms with Crippen LogP contribution in [-0.4, -0.2) is 32.3 Å². The Morgan fingerprint density at radius 1 is 1.08 bits per heavy atom. The molecule has 0 aliphatic carbocycles. The quantitative estimate of drug-likeness (QED) is 0.843. The number of likely N-dealkylation sites (tertiary alicyclic amines) is 1. The van der Waals surface area contributed by atoms with E-state index in [2.05, 4.69) is 4.72 Å². The predicted octanol–water partition coefficient (Wildman–Crippen LogP) is 3.72. The van der Waals surface area contributed by atoms with E-state index in [0.29, 0.717) is 5.69 Å². The van der Waals surface area contributed by atoms with Gasteiger partial charge in [0.25, 0.3) is 10.0 Å². The minimum absolute atomic E-state index is 0.0813. The molecule has 3 rings (SSSR count). The molecule has 2 aromatic rings. The number of nitrogens with one attached hydrogen (secondary N) is 1. The lowest BCUT2D eigenvalue weighted by Gasteiger charge is -2.26. The molecule has 0 atom stereocenters. The van der Waals surface area contributed by atoms with E-state index in [1.165, 1.54) is 6.42 Å². The average Bonchev–Trinajstić information content (AvgIpc) is 3.03. The summed E-state index contributed by atoms with van der Waals surface area (Å²) in [6.07, 6.45) is 3.55. The molecule has 0 radical (unpaired) electrons. The molecule has 0 unspecified atom stereocenters. The van der Waals surface area contributed by atoms with Gasteiger partial charge in [-0.1, -0.05) is 6.07 Å². The molecule has 1 aliphatic rings. The molecule has 0 spiro atoms. The summed E-state index contributed by atoms with van der Waals surface area (Å²) in [5.41, 5.74) is 2.56. The minimum Gasteiger partial charge on any atom is -0.342 e. The summed E-state index contributed by atoms with van der Waals surface area (Å²) in [5.74, 6) is 0.0813. The number of benzene rings is 1. The smallest absolute Gasteiger partial charge is 0.271 e. The van der Waals surface area contributed by atoms with Gasteiger partial charge in [-0.15, -0.1) is 11.3 Å². The molecule has 5 nitrogen and oxygen atoms in total. The molecule has 2 heterocycles. The average molecular weight is 393 g/mol. The maximum Gasteiger partial charge on any atom is 0.271 e. The van der Waals surface area contributed by atoms with E-state index in [1.807, 2.05) is 24.8 Å². The van der Waals surface area contributed by atoms with Gasteiger partial charge in [-0.2, -0.15) is 0 Å². The molecule has 1 aromatic carbocycles. The highest BCUT2D eigenvalue weighted by Gasteiger charge is 2.21. The number of sulfonamides is 1. The highest BCUT2D eigenvalue weighted by Crippen LogP contribution is 2.26. The lowest BCUT2D eigenvalue weighted by atomic mass is 10.1. The monoisotopic (exact) mass is 392 g/mol. The molecule has 1 saturated heterocycles. The van der Waals surface area contributed by atoms with E-state index in [1.54, 1.807) is 24.3 Å². The predicted molar refractivity (Wildman–Crippen MR) is 105 cm³/mol. The number of carbonyl (C=O) groups excluding carboxylic acids is 1. The zero-order chi connectivity index (χ0) is 18.7. The first kappa shape index (κ1) is 18.9. The zero-order valence-corrected chi connectivity index (χ0v) is 16.8. The first-order chi connectivity index (χ1) is 12.3. The van der Waals surface area contributed by atoms with E-state index in [4.69, 9.17) is 0 Å².